The van der Waals surface area contributed by atoms with E-state index in [1.54, 1.807) is 0 Å². The molecule has 1 rings (SSSR count). The maximum atomic E-state index is 5.90. The maximum absolute atomic E-state index is 5.90. The van der Waals surface area contributed by atoms with Gasteiger partial charge in [-0.15, -0.1) is 0 Å². The lowest BCUT2D eigenvalue weighted by atomic mass is 10.1. The van der Waals surface area contributed by atoms with Gasteiger partial charge in [0, 0.05) is 17.6 Å². The minimum absolute atomic E-state index is 0.0565. The normalized spacial score (nSPS) is 12.6. The van der Waals surface area contributed by atoms with Crippen LogP contribution >= 0.6 is 15.9 Å². The number of benzene rings is 1. The number of rotatable bonds is 9. The number of hydrogen-bond acceptors (Lipinski definition) is 3. The average Bonchev–Trinajstić information content (AvgIpc) is 2.39. The minimum Gasteiger partial charge on any atom is -0.379 e. The number of hydrogen-bond donors (Lipinski definition) is 1. The van der Waals surface area contributed by atoms with E-state index < -0.39 is 0 Å². The predicted octanol–water partition coefficient (Wildman–Crippen LogP) is 3.15. The second kappa shape index (κ2) is 9.50. The van der Waals surface area contributed by atoms with Gasteiger partial charge in [-0.3, -0.25) is 0 Å². The van der Waals surface area contributed by atoms with E-state index in [4.69, 9.17) is 9.47 Å². The zero-order valence-corrected chi connectivity index (χ0v) is 12.7. The van der Waals surface area contributed by atoms with Crippen LogP contribution in [0.1, 0.15) is 25.5 Å². The molecule has 1 atom stereocenters. The highest BCUT2D eigenvalue weighted by Gasteiger charge is 2.14. The summed E-state index contributed by atoms with van der Waals surface area (Å²) in [6, 6.07) is 8.18. The average molecular weight is 316 g/mol. The molecule has 0 heterocycles. The highest BCUT2D eigenvalue weighted by Crippen LogP contribution is 2.25. The molecule has 0 aliphatic carbocycles. The Hall–Kier alpha value is -0.420. The van der Waals surface area contributed by atoms with E-state index in [9.17, 15) is 0 Å². The van der Waals surface area contributed by atoms with Crippen molar-refractivity contribution in [3.8, 4) is 0 Å². The van der Waals surface area contributed by atoms with Gasteiger partial charge in [-0.25, -0.2) is 0 Å². The summed E-state index contributed by atoms with van der Waals surface area (Å²) in [5.74, 6) is 0. The lowest BCUT2D eigenvalue weighted by Gasteiger charge is -2.20. The molecular weight excluding hydrogens is 294 g/mol. The van der Waals surface area contributed by atoms with Gasteiger partial charge in [0.15, 0.2) is 0 Å². The summed E-state index contributed by atoms with van der Waals surface area (Å²) in [4.78, 5) is 0. The van der Waals surface area contributed by atoms with E-state index >= 15 is 0 Å². The minimum atomic E-state index is 0.0565. The first-order valence-corrected chi connectivity index (χ1v) is 7.23. The van der Waals surface area contributed by atoms with Gasteiger partial charge < -0.3 is 14.8 Å². The number of nitrogens with one attached hydrogen (secondary N) is 1. The van der Waals surface area contributed by atoms with Crippen LogP contribution in [0.4, 0.5) is 0 Å². The lowest BCUT2D eigenvalue weighted by molar-refractivity contribution is 0.00679. The van der Waals surface area contributed by atoms with Crippen LogP contribution in [0.2, 0.25) is 0 Å². The molecule has 0 aromatic heterocycles. The van der Waals surface area contributed by atoms with E-state index in [1.165, 1.54) is 5.56 Å². The van der Waals surface area contributed by atoms with Crippen LogP contribution in [0.15, 0.2) is 28.7 Å². The fourth-order valence-electron chi connectivity index (χ4n) is 1.66. The van der Waals surface area contributed by atoms with E-state index in [0.29, 0.717) is 13.2 Å². The van der Waals surface area contributed by atoms with Crippen molar-refractivity contribution < 1.29 is 9.47 Å². The summed E-state index contributed by atoms with van der Waals surface area (Å²) >= 11 is 3.57. The topological polar surface area (TPSA) is 30.5 Å². The van der Waals surface area contributed by atoms with Crippen LogP contribution in [-0.4, -0.2) is 32.9 Å². The molecule has 3 nitrogen and oxygen atoms in total. The van der Waals surface area contributed by atoms with E-state index in [1.807, 2.05) is 25.1 Å². The second-order valence-corrected chi connectivity index (χ2v) is 4.74. The third-order valence-corrected chi connectivity index (χ3v) is 3.30. The summed E-state index contributed by atoms with van der Waals surface area (Å²) in [5, 5.41) is 3.33. The third-order valence-electron chi connectivity index (χ3n) is 2.58. The molecule has 1 N–H and O–H groups in total. The van der Waals surface area contributed by atoms with Gasteiger partial charge in [0.25, 0.3) is 0 Å². The summed E-state index contributed by atoms with van der Waals surface area (Å²) in [6.07, 6.45) is 0.0565. The van der Waals surface area contributed by atoms with Crippen LogP contribution in [0, 0.1) is 0 Å². The predicted molar refractivity (Wildman–Crippen MR) is 77.9 cm³/mol. The Labute approximate surface area is 118 Å². The van der Waals surface area contributed by atoms with Gasteiger partial charge in [-0.2, -0.15) is 0 Å². The van der Waals surface area contributed by atoms with Crippen molar-refractivity contribution in [2.45, 2.75) is 20.0 Å². The van der Waals surface area contributed by atoms with Gasteiger partial charge >= 0.3 is 0 Å². The van der Waals surface area contributed by atoms with E-state index in [2.05, 4.69) is 34.2 Å². The smallest absolute Gasteiger partial charge is 0.0961 e. The molecule has 0 radical (unpaired) electrons. The van der Waals surface area contributed by atoms with Crippen LogP contribution < -0.4 is 5.32 Å². The van der Waals surface area contributed by atoms with Crippen molar-refractivity contribution >= 4 is 15.9 Å². The molecule has 102 valence electrons. The lowest BCUT2D eigenvalue weighted by Crippen LogP contribution is -2.24. The molecular formula is C14H22BrNO2. The molecule has 1 unspecified atom stereocenters. The molecule has 18 heavy (non-hydrogen) atoms. The fourth-order valence-corrected chi connectivity index (χ4v) is 2.20. The van der Waals surface area contributed by atoms with Crippen molar-refractivity contribution in [2.24, 2.45) is 0 Å². The molecule has 0 saturated heterocycles. The SMILES string of the molecule is CCNCC(OCCOCC)c1ccccc1Br. The summed E-state index contributed by atoms with van der Waals surface area (Å²) in [5.41, 5.74) is 1.18. The standard InChI is InChI=1S/C14H22BrNO2/c1-3-16-11-14(18-10-9-17-4-2)12-7-5-6-8-13(12)15/h5-8,14,16H,3-4,9-11H2,1-2H3. The first-order chi connectivity index (χ1) is 8.79. The zero-order valence-electron chi connectivity index (χ0n) is 11.1. The number of ether oxygens (including phenoxy) is 2. The van der Waals surface area contributed by atoms with Crippen LogP contribution in [0.3, 0.4) is 0 Å². The molecule has 0 aliphatic rings. The Morgan fingerprint density at radius 1 is 1.22 bits per heavy atom. The molecule has 0 aliphatic heterocycles. The second-order valence-electron chi connectivity index (χ2n) is 3.89. The van der Waals surface area contributed by atoms with Crippen molar-refractivity contribution in [1.82, 2.24) is 5.32 Å². The fraction of sp³-hybridized carbons (Fsp3) is 0.571. The largest absolute Gasteiger partial charge is 0.379 e. The molecule has 0 spiro atoms. The van der Waals surface area contributed by atoms with E-state index in [0.717, 1.165) is 24.2 Å². The van der Waals surface area contributed by atoms with Crippen molar-refractivity contribution in [2.75, 3.05) is 32.9 Å². The van der Waals surface area contributed by atoms with Crippen LogP contribution in [0.25, 0.3) is 0 Å². The summed E-state index contributed by atoms with van der Waals surface area (Å²) < 4.78 is 12.3. The summed E-state index contributed by atoms with van der Waals surface area (Å²) in [7, 11) is 0. The van der Waals surface area contributed by atoms with Gasteiger partial charge in [-0.1, -0.05) is 41.1 Å². The van der Waals surface area contributed by atoms with Crippen molar-refractivity contribution in [3.05, 3.63) is 34.3 Å². The van der Waals surface area contributed by atoms with Crippen LogP contribution in [0.5, 0.6) is 0 Å². The summed E-state index contributed by atoms with van der Waals surface area (Å²) in [6.45, 7) is 7.83. The molecule has 0 saturated carbocycles. The molecule has 0 amide bonds. The van der Waals surface area contributed by atoms with Gasteiger partial charge in [0.2, 0.25) is 0 Å². The van der Waals surface area contributed by atoms with Gasteiger partial charge in [-0.05, 0) is 25.1 Å². The molecule has 0 bridgehead atoms. The number of likely N-dealkylation sites (N-methyl/N-ethyl adjacent to an activating group) is 1. The quantitative estimate of drug-likeness (QED) is 0.710. The highest BCUT2D eigenvalue weighted by molar-refractivity contribution is 9.10. The van der Waals surface area contributed by atoms with Crippen LogP contribution in [-0.2, 0) is 9.47 Å². The van der Waals surface area contributed by atoms with E-state index in [-0.39, 0.29) is 6.10 Å². The molecule has 0 fully saturated rings. The molecule has 1 aromatic rings. The Kier molecular flexibility index (Phi) is 8.25. The Morgan fingerprint density at radius 3 is 2.67 bits per heavy atom. The number of halogens is 1. The van der Waals surface area contributed by atoms with Gasteiger partial charge in [0.05, 0.1) is 19.3 Å². The first-order valence-electron chi connectivity index (χ1n) is 6.44. The monoisotopic (exact) mass is 315 g/mol. The Balaban J connectivity index is 2.57. The van der Waals surface area contributed by atoms with Crippen molar-refractivity contribution in [3.63, 3.8) is 0 Å². The molecule has 4 heteroatoms. The Morgan fingerprint density at radius 2 is 2.00 bits per heavy atom. The first kappa shape index (κ1) is 15.6. The maximum Gasteiger partial charge on any atom is 0.0961 e. The zero-order chi connectivity index (χ0) is 13.2. The van der Waals surface area contributed by atoms with Gasteiger partial charge in [0.1, 0.15) is 0 Å². The Bertz CT molecular complexity index is 333. The third kappa shape index (κ3) is 5.48. The van der Waals surface area contributed by atoms with Crippen molar-refractivity contribution in [1.29, 1.82) is 0 Å². The highest BCUT2D eigenvalue weighted by atomic mass is 79.9. The molecule has 1 aromatic carbocycles.